The van der Waals surface area contributed by atoms with Gasteiger partial charge in [0.05, 0.1) is 45.2 Å². The van der Waals surface area contributed by atoms with Crippen LogP contribution in [0.15, 0.2) is 0 Å². The summed E-state index contributed by atoms with van der Waals surface area (Å²) in [6.45, 7) is 5.28. The minimum absolute atomic E-state index is 0.00880. The number of ether oxygens (including phenoxy) is 2. The summed E-state index contributed by atoms with van der Waals surface area (Å²) >= 11 is 0. The first kappa shape index (κ1) is 11.8. The number of carbonyl (C=O) groups excluding carboxylic acids is 1. The van der Waals surface area contributed by atoms with Gasteiger partial charge in [-0.2, -0.15) is 0 Å². The third kappa shape index (κ3) is 2.72. The van der Waals surface area contributed by atoms with Gasteiger partial charge in [0.2, 0.25) is 5.91 Å². The van der Waals surface area contributed by atoms with E-state index in [9.17, 15) is 4.79 Å². The van der Waals surface area contributed by atoms with Gasteiger partial charge in [0.1, 0.15) is 0 Å². The maximum Gasteiger partial charge on any atom is 0.240 e. The van der Waals surface area contributed by atoms with Crippen LogP contribution in [0, 0.1) is 0 Å². The van der Waals surface area contributed by atoms with Crippen LogP contribution < -0.4 is 5.32 Å². The molecule has 5 nitrogen and oxygen atoms in total. The maximum atomic E-state index is 11.9. The van der Waals surface area contributed by atoms with E-state index in [1.165, 1.54) is 0 Å². The zero-order valence-corrected chi connectivity index (χ0v) is 9.78. The second kappa shape index (κ2) is 5.61. The first-order valence-electron chi connectivity index (χ1n) is 6.02. The minimum Gasteiger partial charge on any atom is -0.376 e. The molecule has 2 fully saturated rings. The molecule has 5 heteroatoms. The number of amides is 1. The van der Waals surface area contributed by atoms with Crippen LogP contribution in [0.25, 0.3) is 0 Å². The molecule has 2 atom stereocenters. The Morgan fingerprint density at radius 3 is 3.06 bits per heavy atom. The predicted octanol–water partition coefficient (Wildman–Crippen LogP) is -0.0402. The topological polar surface area (TPSA) is 50.8 Å². The summed E-state index contributed by atoms with van der Waals surface area (Å²) in [5.74, 6) is 0.205. The van der Waals surface area contributed by atoms with Gasteiger partial charge in [0.15, 0.2) is 0 Å². The molecule has 0 radical (unpaired) electrons. The van der Waals surface area contributed by atoms with Gasteiger partial charge in [0, 0.05) is 0 Å². The fourth-order valence-corrected chi connectivity index (χ4v) is 2.16. The summed E-state index contributed by atoms with van der Waals surface area (Å²) in [5.41, 5.74) is 0. The van der Waals surface area contributed by atoms with Crippen molar-refractivity contribution < 1.29 is 14.3 Å². The third-order valence-electron chi connectivity index (χ3n) is 3.02. The molecule has 2 aliphatic rings. The summed E-state index contributed by atoms with van der Waals surface area (Å²) in [6, 6.07) is 0.00880. The van der Waals surface area contributed by atoms with E-state index in [2.05, 4.69) is 12.2 Å². The van der Waals surface area contributed by atoms with Crippen molar-refractivity contribution in [3.05, 3.63) is 0 Å². The van der Waals surface area contributed by atoms with Gasteiger partial charge < -0.3 is 14.4 Å². The third-order valence-corrected chi connectivity index (χ3v) is 3.02. The molecular formula is C11H20N2O3. The maximum absolute atomic E-state index is 11.9. The van der Waals surface area contributed by atoms with Crippen LogP contribution in [0.1, 0.15) is 19.8 Å². The molecule has 0 aliphatic carbocycles. The lowest BCUT2D eigenvalue weighted by Gasteiger charge is -2.27. The van der Waals surface area contributed by atoms with Gasteiger partial charge in [-0.1, -0.05) is 13.3 Å². The van der Waals surface area contributed by atoms with Crippen molar-refractivity contribution in [3.63, 3.8) is 0 Å². The second-order valence-corrected chi connectivity index (χ2v) is 4.33. The Morgan fingerprint density at radius 1 is 1.50 bits per heavy atom. The van der Waals surface area contributed by atoms with Crippen LogP contribution in [0.4, 0.5) is 0 Å². The first-order chi connectivity index (χ1) is 7.81. The molecule has 0 aromatic heterocycles. The summed E-state index contributed by atoms with van der Waals surface area (Å²) in [6.07, 6.45) is 1.98. The summed E-state index contributed by atoms with van der Waals surface area (Å²) in [4.78, 5) is 13.8. The van der Waals surface area contributed by atoms with Crippen LogP contribution in [0.5, 0.6) is 0 Å². The van der Waals surface area contributed by atoms with Gasteiger partial charge in [-0.3, -0.25) is 10.1 Å². The Morgan fingerprint density at radius 2 is 2.38 bits per heavy atom. The zero-order valence-electron chi connectivity index (χ0n) is 9.78. The number of nitrogens with one attached hydrogen (secondary N) is 1. The summed E-state index contributed by atoms with van der Waals surface area (Å²) < 4.78 is 10.9. The molecule has 16 heavy (non-hydrogen) atoms. The molecule has 0 aromatic carbocycles. The lowest BCUT2D eigenvalue weighted by atomic mass is 10.1. The molecule has 2 unspecified atom stereocenters. The smallest absolute Gasteiger partial charge is 0.240 e. The molecular weight excluding hydrogens is 208 g/mol. The standard InChI is InChI=1S/C11H20N2O3/c1-2-3-10-11(14)13(8-12-10)6-9-7-15-4-5-16-9/h9-10,12H,2-8H2,1H3. The van der Waals surface area contributed by atoms with Crippen LogP contribution in [0.2, 0.25) is 0 Å². The van der Waals surface area contributed by atoms with Crippen LogP contribution >= 0.6 is 0 Å². The Bertz CT molecular complexity index is 241. The lowest BCUT2D eigenvalue weighted by Crippen LogP contribution is -2.41. The summed E-state index contributed by atoms with van der Waals surface area (Å²) in [5, 5.41) is 3.23. The van der Waals surface area contributed by atoms with E-state index in [1.54, 1.807) is 0 Å². The zero-order chi connectivity index (χ0) is 11.4. The van der Waals surface area contributed by atoms with E-state index >= 15 is 0 Å². The quantitative estimate of drug-likeness (QED) is 0.733. The predicted molar refractivity (Wildman–Crippen MR) is 59.0 cm³/mol. The van der Waals surface area contributed by atoms with E-state index in [4.69, 9.17) is 9.47 Å². The van der Waals surface area contributed by atoms with Gasteiger partial charge in [0.25, 0.3) is 0 Å². The monoisotopic (exact) mass is 228 g/mol. The molecule has 2 aliphatic heterocycles. The highest BCUT2D eigenvalue weighted by Crippen LogP contribution is 2.11. The minimum atomic E-state index is 0.00880. The molecule has 2 rings (SSSR count). The largest absolute Gasteiger partial charge is 0.376 e. The van der Waals surface area contributed by atoms with Crippen LogP contribution in [0.3, 0.4) is 0 Å². The number of hydrogen-bond acceptors (Lipinski definition) is 4. The lowest BCUT2D eigenvalue weighted by molar-refractivity contribution is -0.135. The molecule has 0 spiro atoms. The Balaban J connectivity index is 1.79. The van der Waals surface area contributed by atoms with Crippen molar-refractivity contribution in [2.24, 2.45) is 0 Å². The Labute approximate surface area is 96.1 Å². The highest BCUT2D eigenvalue weighted by Gasteiger charge is 2.32. The van der Waals surface area contributed by atoms with Gasteiger partial charge in [-0.15, -0.1) is 0 Å². The van der Waals surface area contributed by atoms with Gasteiger partial charge in [-0.05, 0) is 6.42 Å². The van der Waals surface area contributed by atoms with Crippen molar-refractivity contribution >= 4 is 5.91 Å². The van der Waals surface area contributed by atoms with Crippen LogP contribution in [-0.2, 0) is 14.3 Å². The first-order valence-corrected chi connectivity index (χ1v) is 6.02. The average Bonchev–Trinajstić information content (AvgIpc) is 2.64. The average molecular weight is 228 g/mol. The number of carbonyl (C=O) groups is 1. The number of nitrogens with zero attached hydrogens (tertiary/aromatic N) is 1. The molecule has 1 amide bonds. The van der Waals surface area contributed by atoms with E-state index in [-0.39, 0.29) is 18.1 Å². The van der Waals surface area contributed by atoms with Crippen molar-refractivity contribution in [1.82, 2.24) is 10.2 Å². The molecule has 1 N–H and O–H groups in total. The van der Waals surface area contributed by atoms with Crippen molar-refractivity contribution in [1.29, 1.82) is 0 Å². The van der Waals surface area contributed by atoms with E-state index in [0.29, 0.717) is 33.0 Å². The van der Waals surface area contributed by atoms with Crippen molar-refractivity contribution in [2.45, 2.75) is 31.9 Å². The fourth-order valence-electron chi connectivity index (χ4n) is 2.16. The number of hydrogen-bond donors (Lipinski definition) is 1. The van der Waals surface area contributed by atoms with Crippen molar-refractivity contribution in [2.75, 3.05) is 33.0 Å². The Hall–Kier alpha value is -0.650. The van der Waals surface area contributed by atoms with E-state index in [0.717, 1.165) is 12.8 Å². The number of rotatable bonds is 4. The molecule has 2 saturated heterocycles. The molecule has 0 bridgehead atoms. The highest BCUT2D eigenvalue weighted by molar-refractivity contribution is 5.83. The SMILES string of the molecule is CCCC1NCN(CC2COCCO2)C1=O. The molecule has 92 valence electrons. The van der Waals surface area contributed by atoms with E-state index < -0.39 is 0 Å². The van der Waals surface area contributed by atoms with Crippen molar-refractivity contribution in [3.8, 4) is 0 Å². The normalized spacial score (nSPS) is 31.1. The fraction of sp³-hybridized carbons (Fsp3) is 0.909. The van der Waals surface area contributed by atoms with Gasteiger partial charge >= 0.3 is 0 Å². The molecule has 2 heterocycles. The highest BCUT2D eigenvalue weighted by atomic mass is 16.6. The van der Waals surface area contributed by atoms with Gasteiger partial charge in [-0.25, -0.2) is 0 Å². The molecule has 0 saturated carbocycles. The molecule has 0 aromatic rings. The summed E-state index contributed by atoms with van der Waals surface area (Å²) in [7, 11) is 0. The second-order valence-electron chi connectivity index (χ2n) is 4.33. The Kier molecular flexibility index (Phi) is 4.15. The van der Waals surface area contributed by atoms with E-state index in [1.807, 2.05) is 4.90 Å². The van der Waals surface area contributed by atoms with Crippen LogP contribution in [-0.4, -0.2) is 56.0 Å².